The highest BCUT2D eigenvalue weighted by molar-refractivity contribution is 5.76. The number of hydrogen-bond acceptors (Lipinski definition) is 7. The van der Waals surface area contributed by atoms with E-state index in [-0.39, 0.29) is 23.8 Å². The Morgan fingerprint density at radius 3 is 1.44 bits per heavy atom. The maximum Gasteiger partial charge on any atom is 0.220 e. The summed E-state index contributed by atoms with van der Waals surface area (Å²) >= 11 is 0. The average Bonchev–Trinajstić information content (AvgIpc) is 3.07. The summed E-state index contributed by atoms with van der Waals surface area (Å²) in [5.74, 6) is -0.0608. The Hall–Kier alpha value is -0.770. The fourth-order valence-corrected chi connectivity index (χ4v) is 7.38. The second-order valence-electron chi connectivity index (χ2n) is 16.9. The maximum atomic E-state index is 13.0. The molecule has 1 unspecified atom stereocenters. The number of amides is 1. The van der Waals surface area contributed by atoms with Crippen molar-refractivity contribution < 1.29 is 30.0 Å². The number of aliphatic hydroxyl groups is 4. The van der Waals surface area contributed by atoms with Crippen molar-refractivity contribution in [1.82, 2.24) is 5.32 Å². The average molecular weight is 713 g/mol. The smallest absolute Gasteiger partial charge is 0.220 e. The highest BCUT2D eigenvalue weighted by Crippen LogP contribution is 2.27. The van der Waals surface area contributed by atoms with Crippen LogP contribution in [0, 0.1) is 5.41 Å². The van der Waals surface area contributed by atoms with Crippen LogP contribution in [0.15, 0.2) is 0 Å². The normalized spacial score (nSPS) is 22.5. The molecule has 8 nitrogen and oxygen atoms in total. The molecule has 0 aliphatic carbocycles. The Bertz CT molecular complexity index is 791. The molecule has 1 saturated heterocycles. The van der Waals surface area contributed by atoms with Crippen LogP contribution >= 0.6 is 0 Å². The first-order valence-electron chi connectivity index (χ1n) is 21.4. The highest BCUT2D eigenvalue weighted by Gasteiger charge is 2.44. The molecule has 0 saturated carbocycles. The van der Waals surface area contributed by atoms with Crippen LogP contribution in [0.25, 0.3) is 0 Å². The molecule has 0 aromatic carbocycles. The van der Waals surface area contributed by atoms with Crippen molar-refractivity contribution in [3.05, 3.63) is 0 Å². The van der Waals surface area contributed by atoms with Crippen molar-refractivity contribution in [2.75, 3.05) is 6.61 Å². The standard InChI is InChI=1S/C42H84N2O6/c1-5-6-7-8-9-10-11-12-13-14-15-16-17-18-19-20-21-22-23-24-25-26-27-30-38(46)44-35(34(43)29-28-31-42(2,3)4)32-36-39(47)41(49)40(48)37(33-45)50-36/h34-37,39-41,45,47-49H,5-33,43H2,1-4H3,(H,44,46)/t34-,35-,36?,37-,39+,40+,41-/m1/s1. The van der Waals surface area contributed by atoms with Gasteiger partial charge in [0.15, 0.2) is 0 Å². The van der Waals surface area contributed by atoms with Crippen molar-refractivity contribution in [2.24, 2.45) is 11.1 Å². The zero-order chi connectivity index (χ0) is 37.0. The predicted octanol–water partition coefficient (Wildman–Crippen LogP) is 8.63. The third kappa shape index (κ3) is 23.7. The number of ether oxygens (including phenoxy) is 1. The van der Waals surface area contributed by atoms with E-state index < -0.39 is 43.2 Å². The maximum absolute atomic E-state index is 13.0. The van der Waals surface area contributed by atoms with Crippen molar-refractivity contribution >= 4 is 5.91 Å². The quantitative estimate of drug-likeness (QED) is 0.0383. The Labute approximate surface area is 308 Å². The Morgan fingerprint density at radius 1 is 0.640 bits per heavy atom. The van der Waals surface area contributed by atoms with E-state index in [9.17, 15) is 25.2 Å². The lowest BCUT2D eigenvalue weighted by atomic mass is 9.86. The number of hydrogen-bond donors (Lipinski definition) is 6. The number of aliphatic hydroxyl groups excluding tert-OH is 4. The summed E-state index contributed by atoms with van der Waals surface area (Å²) in [6.07, 6.45) is 28.0. The molecule has 1 fully saturated rings. The molecule has 1 heterocycles. The van der Waals surface area contributed by atoms with Crippen molar-refractivity contribution in [3.8, 4) is 0 Å². The molecule has 8 heteroatoms. The Morgan fingerprint density at radius 2 is 1.04 bits per heavy atom. The van der Waals surface area contributed by atoms with E-state index in [0.29, 0.717) is 12.8 Å². The Kier molecular flexibility index (Phi) is 28.0. The summed E-state index contributed by atoms with van der Waals surface area (Å²) in [6, 6.07) is -0.795. The lowest BCUT2D eigenvalue weighted by Gasteiger charge is -2.42. The molecule has 1 rings (SSSR count). The van der Waals surface area contributed by atoms with Crippen LogP contribution in [0.5, 0.6) is 0 Å². The number of carbonyl (C=O) groups is 1. The fourth-order valence-electron chi connectivity index (χ4n) is 7.38. The van der Waals surface area contributed by atoms with Gasteiger partial charge in [0.1, 0.15) is 24.4 Å². The zero-order valence-electron chi connectivity index (χ0n) is 33.2. The second-order valence-corrected chi connectivity index (χ2v) is 16.9. The first-order valence-corrected chi connectivity index (χ1v) is 21.4. The van der Waals surface area contributed by atoms with Gasteiger partial charge in [-0.1, -0.05) is 175 Å². The molecule has 0 radical (unpaired) electrons. The summed E-state index contributed by atoms with van der Waals surface area (Å²) in [5.41, 5.74) is 6.77. The number of unbranched alkanes of at least 4 members (excludes halogenated alkanes) is 22. The van der Waals surface area contributed by atoms with Gasteiger partial charge < -0.3 is 36.2 Å². The van der Waals surface area contributed by atoms with Crippen LogP contribution in [0.2, 0.25) is 0 Å². The molecule has 0 spiro atoms. The van der Waals surface area contributed by atoms with Crippen LogP contribution in [-0.2, 0) is 9.53 Å². The van der Waals surface area contributed by atoms with Crippen molar-refractivity contribution in [1.29, 1.82) is 0 Å². The largest absolute Gasteiger partial charge is 0.394 e. The SMILES string of the molecule is CCCCCCCCCCCCCCCCCCCCCCCCCC(=O)N[C@H](CC1O[C@H](CO)[C@H](O)[C@H](O)[C@H]1O)[C@H](N)CCCC(C)(C)C. The van der Waals surface area contributed by atoms with Crippen LogP contribution in [0.3, 0.4) is 0 Å². The van der Waals surface area contributed by atoms with Gasteiger partial charge in [-0.15, -0.1) is 0 Å². The lowest BCUT2D eigenvalue weighted by Crippen LogP contribution is -2.60. The van der Waals surface area contributed by atoms with Crippen molar-refractivity contribution in [3.63, 3.8) is 0 Å². The fraction of sp³-hybridized carbons (Fsp3) is 0.976. The van der Waals surface area contributed by atoms with E-state index in [2.05, 4.69) is 33.0 Å². The van der Waals surface area contributed by atoms with Crippen LogP contribution in [0.1, 0.15) is 207 Å². The molecule has 1 aliphatic rings. The van der Waals surface area contributed by atoms with Gasteiger partial charge in [0.25, 0.3) is 0 Å². The second kappa shape index (κ2) is 29.7. The van der Waals surface area contributed by atoms with E-state index in [1.165, 1.54) is 128 Å². The third-order valence-electron chi connectivity index (χ3n) is 10.8. The van der Waals surface area contributed by atoms with E-state index in [4.69, 9.17) is 10.5 Å². The minimum Gasteiger partial charge on any atom is -0.394 e. The molecule has 7 atom stereocenters. The van der Waals surface area contributed by atoms with Gasteiger partial charge in [0.05, 0.1) is 12.7 Å². The minimum atomic E-state index is -1.44. The van der Waals surface area contributed by atoms with Gasteiger partial charge in [-0.25, -0.2) is 0 Å². The summed E-state index contributed by atoms with van der Waals surface area (Å²) in [4.78, 5) is 13.0. The van der Waals surface area contributed by atoms with Gasteiger partial charge in [-0.05, 0) is 31.1 Å². The molecule has 0 aromatic heterocycles. The molecule has 1 aliphatic heterocycles. The summed E-state index contributed by atoms with van der Waals surface area (Å²) in [7, 11) is 0. The lowest BCUT2D eigenvalue weighted by molar-refractivity contribution is -0.231. The van der Waals surface area contributed by atoms with E-state index in [0.717, 1.165) is 32.1 Å². The molecule has 298 valence electrons. The number of nitrogens with two attached hydrogens (primary N) is 1. The topological polar surface area (TPSA) is 145 Å². The van der Waals surface area contributed by atoms with Gasteiger partial charge in [-0.2, -0.15) is 0 Å². The first kappa shape index (κ1) is 47.3. The monoisotopic (exact) mass is 713 g/mol. The van der Waals surface area contributed by atoms with Gasteiger partial charge >= 0.3 is 0 Å². The van der Waals surface area contributed by atoms with Gasteiger partial charge in [-0.3, -0.25) is 4.79 Å². The van der Waals surface area contributed by atoms with E-state index >= 15 is 0 Å². The zero-order valence-corrected chi connectivity index (χ0v) is 33.2. The summed E-state index contributed by atoms with van der Waals surface area (Å²) in [6.45, 7) is 8.37. The van der Waals surface area contributed by atoms with Gasteiger partial charge in [0, 0.05) is 18.5 Å². The molecule has 0 bridgehead atoms. The molecule has 0 aromatic rings. The minimum absolute atomic E-state index is 0.0608. The number of carbonyl (C=O) groups excluding carboxylic acids is 1. The molecule has 1 amide bonds. The molecular formula is C42H84N2O6. The third-order valence-corrected chi connectivity index (χ3v) is 10.8. The summed E-state index contributed by atoms with van der Waals surface area (Å²) < 4.78 is 5.75. The Balaban J connectivity index is 2.15. The predicted molar refractivity (Wildman–Crippen MR) is 208 cm³/mol. The molecular weight excluding hydrogens is 628 g/mol. The number of rotatable bonds is 32. The van der Waals surface area contributed by atoms with Crippen LogP contribution < -0.4 is 11.1 Å². The van der Waals surface area contributed by atoms with Gasteiger partial charge in [0.2, 0.25) is 5.91 Å². The summed E-state index contributed by atoms with van der Waals surface area (Å²) in [5, 5.41) is 43.7. The highest BCUT2D eigenvalue weighted by atomic mass is 16.5. The van der Waals surface area contributed by atoms with E-state index in [1.807, 2.05) is 0 Å². The van der Waals surface area contributed by atoms with Crippen LogP contribution in [-0.4, -0.2) is 75.5 Å². The van der Waals surface area contributed by atoms with Crippen molar-refractivity contribution in [2.45, 2.75) is 250 Å². The molecule has 7 N–H and O–H groups in total. The van der Waals surface area contributed by atoms with Crippen LogP contribution in [0.4, 0.5) is 0 Å². The molecule has 50 heavy (non-hydrogen) atoms. The first-order chi connectivity index (χ1) is 24.0. The number of nitrogens with one attached hydrogen (secondary N) is 1. The van der Waals surface area contributed by atoms with E-state index in [1.54, 1.807) is 0 Å².